The van der Waals surface area contributed by atoms with Crippen LogP contribution in [-0.2, 0) is 17.1 Å². The summed E-state index contributed by atoms with van der Waals surface area (Å²) in [6, 6.07) is 2.23. The average Bonchev–Trinajstić information content (AvgIpc) is 2.84. The molecule has 1 saturated heterocycles. The number of hydrogen-bond acceptors (Lipinski definition) is 4. The van der Waals surface area contributed by atoms with E-state index in [-0.39, 0.29) is 6.04 Å². The van der Waals surface area contributed by atoms with Crippen molar-refractivity contribution in [3.05, 3.63) is 18.0 Å². The van der Waals surface area contributed by atoms with Gasteiger partial charge >= 0.3 is 0 Å². The predicted octanol–water partition coefficient (Wildman–Crippen LogP) is 1.13. The van der Waals surface area contributed by atoms with Gasteiger partial charge in [0, 0.05) is 26.3 Å². The number of piperidine rings is 1. The van der Waals surface area contributed by atoms with Crippen LogP contribution >= 0.6 is 0 Å². The molecule has 6 nitrogen and oxygen atoms in total. The van der Waals surface area contributed by atoms with Gasteiger partial charge in [0.05, 0.1) is 18.0 Å². The largest absolute Gasteiger partial charge is 0.309 e. The zero-order valence-electron chi connectivity index (χ0n) is 13.1. The van der Waals surface area contributed by atoms with Gasteiger partial charge in [-0.2, -0.15) is 5.10 Å². The van der Waals surface area contributed by atoms with Crippen LogP contribution < -0.4 is 5.32 Å². The van der Waals surface area contributed by atoms with E-state index >= 15 is 0 Å². The monoisotopic (exact) mass is 314 g/mol. The smallest absolute Gasteiger partial charge is 0.211 e. The fraction of sp³-hybridized carbons (Fsp3) is 0.786. The normalized spacial score (nSPS) is 22.3. The Balaban J connectivity index is 2.03. The maximum Gasteiger partial charge on any atom is 0.211 e. The highest BCUT2D eigenvalue weighted by Crippen LogP contribution is 2.27. The summed E-state index contributed by atoms with van der Waals surface area (Å²) < 4.78 is 26.8. The van der Waals surface area contributed by atoms with Crippen LogP contribution in [0.2, 0.25) is 0 Å². The van der Waals surface area contributed by atoms with Crippen LogP contribution in [0.4, 0.5) is 0 Å². The highest BCUT2D eigenvalue weighted by atomic mass is 32.2. The number of sulfonamides is 1. The molecule has 1 aliphatic heterocycles. The first-order chi connectivity index (χ1) is 9.90. The van der Waals surface area contributed by atoms with Gasteiger partial charge in [-0.15, -0.1) is 0 Å². The molecule has 0 radical (unpaired) electrons. The maximum atomic E-state index is 11.7. The van der Waals surface area contributed by atoms with Crippen LogP contribution in [0.25, 0.3) is 0 Å². The molecule has 2 atom stereocenters. The van der Waals surface area contributed by atoms with Gasteiger partial charge < -0.3 is 5.32 Å². The maximum absolute atomic E-state index is 11.7. The number of rotatable bonds is 6. The summed E-state index contributed by atoms with van der Waals surface area (Å²) >= 11 is 0. The number of hydrogen-bond donors (Lipinski definition) is 1. The quantitative estimate of drug-likeness (QED) is 0.855. The van der Waals surface area contributed by atoms with Crippen molar-refractivity contribution in [2.45, 2.75) is 32.2 Å². The van der Waals surface area contributed by atoms with Gasteiger partial charge in [0.1, 0.15) is 0 Å². The summed E-state index contributed by atoms with van der Waals surface area (Å²) in [5.41, 5.74) is 1.04. The second-order valence-electron chi connectivity index (χ2n) is 5.89. The van der Waals surface area contributed by atoms with Gasteiger partial charge in [-0.1, -0.05) is 6.92 Å². The van der Waals surface area contributed by atoms with Crippen LogP contribution in [0, 0.1) is 5.92 Å². The average molecular weight is 314 g/mol. The standard InChI is InChI=1S/C14H26N4O2S/c1-4-15-14(13-7-9-17(2)16-13)10-12-6-5-8-18(11-12)21(3,19)20/h7,9,12,14-15H,4-6,8,10-11H2,1-3H3. The predicted molar refractivity (Wildman–Crippen MR) is 83.4 cm³/mol. The molecule has 0 aromatic carbocycles. The van der Waals surface area contributed by atoms with Crippen LogP contribution in [0.3, 0.4) is 0 Å². The van der Waals surface area contributed by atoms with Crippen molar-refractivity contribution < 1.29 is 8.42 Å². The lowest BCUT2D eigenvalue weighted by molar-refractivity contribution is 0.237. The Morgan fingerprint density at radius 2 is 2.29 bits per heavy atom. The molecule has 2 unspecified atom stereocenters. The molecule has 1 aromatic rings. The lowest BCUT2D eigenvalue weighted by Gasteiger charge is -2.32. The summed E-state index contributed by atoms with van der Waals surface area (Å²) in [5.74, 6) is 0.388. The zero-order chi connectivity index (χ0) is 15.5. The number of nitrogens with zero attached hydrogens (tertiary/aromatic N) is 3. The Hall–Kier alpha value is -0.920. The Kier molecular flexibility index (Phi) is 5.40. The summed E-state index contributed by atoms with van der Waals surface area (Å²) in [7, 11) is -1.16. The van der Waals surface area contributed by atoms with Gasteiger partial charge in [-0.05, 0) is 37.8 Å². The first-order valence-electron chi connectivity index (χ1n) is 7.58. The Morgan fingerprint density at radius 3 is 2.86 bits per heavy atom. The fourth-order valence-corrected chi connectivity index (χ4v) is 3.97. The summed E-state index contributed by atoms with van der Waals surface area (Å²) in [4.78, 5) is 0. The van der Waals surface area contributed by atoms with Crippen LogP contribution in [-0.4, -0.2) is 48.4 Å². The molecule has 1 N–H and O–H groups in total. The van der Waals surface area contributed by atoms with Gasteiger partial charge in [-0.25, -0.2) is 12.7 Å². The molecule has 0 saturated carbocycles. The van der Waals surface area contributed by atoms with Gasteiger partial charge in [0.15, 0.2) is 0 Å². The Bertz CT molecular complexity index is 555. The van der Waals surface area contributed by atoms with E-state index in [9.17, 15) is 8.42 Å². The van der Waals surface area contributed by atoms with Crippen molar-refractivity contribution in [1.29, 1.82) is 0 Å². The molecule has 2 heterocycles. The van der Waals surface area contributed by atoms with E-state index in [1.54, 1.807) is 4.31 Å². The molecule has 0 aliphatic carbocycles. The third kappa shape index (κ3) is 4.52. The molecule has 7 heteroatoms. The molecule has 1 aromatic heterocycles. The van der Waals surface area contributed by atoms with E-state index in [0.29, 0.717) is 19.0 Å². The van der Waals surface area contributed by atoms with Crippen molar-refractivity contribution in [3.63, 3.8) is 0 Å². The molecular formula is C14H26N4O2S. The summed E-state index contributed by atoms with van der Waals surface area (Å²) in [5, 5.41) is 7.95. The van der Waals surface area contributed by atoms with E-state index in [0.717, 1.165) is 31.5 Å². The van der Waals surface area contributed by atoms with E-state index in [2.05, 4.69) is 17.3 Å². The van der Waals surface area contributed by atoms with E-state index in [1.807, 2.05) is 24.0 Å². The SMILES string of the molecule is CCNC(CC1CCCN(S(C)(=O)=O)C1)c1ccn(C)n1. The molecule has 0 bridgehead atoms. The number of aromatic nitrogens is 2. The number of aryl methyl sites for hydroxylation is 1. The highest BCUT2D eigenvalue weighted by Gasteiger charge is 2.28. The topological polar surface area (TPSA) is 67.2 Å². The minimum atomic E-state index is -3.07. The van der Waals surface area contributed by atoms with Crippen molar-refractivity contribution in [1.82, 2.24) is 19.4 Å². The minimum absolute atomic E-state index is 0.195. The molecule has 0 spiro atoms. The van der Waals surface area contributed by atoms with Crippen molar-refractivity contribution in [2.24, 2.45) is 13.0 Å². The van der Waals surface area contributed by atoms with Gasteiger partial charge in [0.2, 0.25) is 10.0 Å². The first-order valence-corrected chi connectivity index (χ1v) is 9.43. The first kappa shape index (κ1) is 16.5. The summed E-state index contributed by atoms with van der Waals surface area (Å²) in [6.07, 6.45) is 6.20. The van der Waals surface area contributed by atoms with E-state index < -0.39 is 10.0 Å². The second-order valence-corrected chi connectivity index (χ2v) is 7.87. The van der Waals surface area contributed by atoms with Gasteiger partial charge in [0.25, 0.3) is 0 Å². The van der Waals surface area contributed by atoms with E-state index in [1.165, 1.54) is 6.26 Å². The molecule has 1 fully saturated rings. The Labute approximate surface area is 127 Å². The third-order valence-corrected chi connectivity index (χ3v) is 5.33. The van der Waals surface area contributed by atoms with Crippen LogP contribution in [0.15, 0.2) is 12.3 Å². The summed E-state index contributed by atoms with van der Waals surface area (Å²) in [6.45, 7) is 4.25. The minimum Gasteiger partial charge on any atom is -0.309 e. The zero-order valence-corrected chi connectivity index (χ0v) is 13.9. The Morgan fingerprint density at radius 1 is 1.52 bits per heavy atom. The van der Waals surface area contributed by atoms with Crippen molar-refractivity contribution in [2.75, 3.05) is 25.9 Å². The molecule has 0 amide bonds. The van der Waals surface area contributed by atoms with E-state index in [4.69, 9.17) is 0 Å². The van der Waals surface area contributed by atoms with Crippen molar-refractivity contribution in [3.8, 4) is 0 Å². The third-order valence-electron chi connectivity index (χ3n) is 4.06. The molecule has 120 valence electrons. The molecule has 1 aliphatic rings. The highest BCUT2D eigenvalue weighted by molar-refractivity contribution is 7.88. The lowest BCUT2D eigenvalue weighted by Crippen LogP contribution is -2.40. The van der Waals surface area contributed by atoms with Crippen LogP contribution in [0.5, 0.6) is 0 Å². The lowest BCUT2D eigenvalue weighted by atomic mass is 9.91. The second kappa shape index (κ2) is 6.89. The molecule has 2 rings (SSSR count). The number of nitrogens with one attached hydrogen (secondary N) is 1. The molecular weight excluding hydrogens is 288 g/mol. The van der Waals surface area contributed by atoms with Gasteiger partial charge in [-0.3, -0.25) is 4.68 Å². The molecule has 21 heavy (non-hydrogen) atoms. The fourth-order valence-electron chi connectivity index (χ4n) is 3.03. The van der Waals surface area contributed by atoms with Crippen LogP contribution in [0.1, 0.15) is 37.9 Å². The van der Waals surface area contributed by atoms with Crippen molar-refractivity contribution >= 4 is 10.0 Å².